The highest BCUT2D eigenvalue weighted by Gasteiger charge is 2.16. The van der Waals surface area contributed by atoms with Gasteiger partial charge in [-0.1, -0.05) is 48.0 Å². The minimum absolute atomic E-state index is 0.0705. The molecular weight excluding hydrogens is 248 g/mol. The summed E-state index contributed by atoms with van der Waals surface area (Å²) in [5.41, 5.74) is 2.56. The average Bonchev–Trinajstić information content (AvgIpc) is 2.45. The van der Waals surface area contributed by atoms with E-state index in [0.29, 0.717) is 11.4 Å². The molecule has 0 aliphatic heterocycles. The van der Waals surface area contributed by atoms with Gasteiger partial charge in [0.05, 0.1) is 5.69 Å². The molecule has 0 saturated carbocycles. The fourth-order valence-electron chi connectivity index (χ4n) is 1.81. The van der Waals surface area contributed by atoms with Gasteiger partial charge in [-0.2, -0.15) is 0 Å². The first-order valence-electron chi connectivity index (χ1n) is 6.50. The Balaban J connectivity index is 2.36. The summed E-state index contributed by atoms with van der Waals surface area (Å²) < 4.78 is 0. The van der Waals surface area contributed by atoms with Gasteiger partial charge in [0.15, 0.2) is 5.84 Å². The monoisotopic (exact) mass is 266 g/mol. The molecule has 102 valence electrons. The molecule has 3 nitrogen and oxygen atoms in total. The molecule has 0 spiro atoms. The van der Waals surface area contributed by atoms with Gasteiger partial charge in [0.1, 0.15) is 0 Å². The summed E-state index contributed by atoms with van der Waals surface area (Å²) in [4.78, 5) is 18.7. The van der Waals surface area contributed by atoms with Crippen LogP contribution in [-0.2, 0) is 0 Å². The molecule has 0 aromatic heterocycles. The molecule has 0 amide bonds. The Labute approximate surface area is 119 Å². The SMILES string of the molecule is Cc1ccc(C(=O)C(=Nc2ccccc2)N(C)C)cc1. The third-order valence-corrected chi connectivity index (χ3v) is 2.93. The van der Waals surface area contributed by atoms with E-state index in [1.165, 1.54) is 0 Å². The quantitative estimate of drug-likeness (QED) is 0.484. The highest BCUT2D eigenvalue weighted by molar-refractivity contribution is 6.45. The van der Waals surface area contributed by atoms with Crippen molar-refractivity contribution in [3.63, 3.8) is 0 Å². The highest BCUT2D eigenvalue weighted by Crippen LogP contribution is 2.13. The molecule has 0 N–H and O–H groups in total. The fraction of sp³-hybridized carbons (Fsp3) is 0.176. The summed E-state index contributed by atoms with van der Waals surface area (Å²) in [6.07, 6.45) is 0. The van der Waals surface area contributed by atoms with Crippen molar-refractivity contribution in [2.45, 2.75) is 6.92 Å². The summed E-state index contributed by atoms with van der Waals surface area (Å²) >= 11 is 0. The molecule has 20 heavy (non-hydrogen) atoms. The number of benzene rings is 2. The Morgan fingerprint density at radius 1 is 0.950 bits per heavy atom. The predicted octanol–water partition coefficient (Wildman–Crippen LogP) is 3.47. The second kappa shape index (κ2) is 6.15. The van der Waals surface area contributed by atoms with Crippen molar-refractivity contribution in [2.24, 2.45) is 4.99 Å². The number of amidine groups is 1. The second-order valence-electron chi connectivity index (χ2n) is 4.86. The molecule has 0 heterocycles. The second-order valence-corrected chi connectivity index (χ2v) is 4.86. The van der Waals surface area contributed by atoms with Crippen LogP contribution in [0, 0.1) is 6.92 Å². The molecule has 0 aliphatic carbocycles. The summed E-state index contributed by atoms with van der Waals surface area (Å²) in [5.74, 6) is 0.360. The van der Waals surface area contributed by atoms with Crippen molar-refractivity contribution in [1.29, 1.82) is 0 Å². The van der Waals surface area contributed by atoms with Crippen molar-refractivity contribution in [1.82, 2.24) is 4.90 Å². The number of carbonyl (C=O) groups is 1. The zero-order chi connectivity index (χ0) is 14.5. The van der Waals surface area contributed by atoms with E-state index < -0.39 is 0 Å². The lowest BCUT2D eigenvalue weighted by Gasteiger charge is -2.14. The molecule has 3 heteroatoms. The zero-order valence-corrected chi connectivity index (χ0v) is 12.0. The molecule has 0 unspecified atom stereocenters. The number of rotatable bonds is 3. The summed E-state index contributed by atoms with van der Waals surface area (Å²) in [6, 6.07) is 17.0. The summed E-state index contributed by atoms with van der Waals surface area (Å²) in [6.45, 7) is 2.00. The van der Waals surface area contributed by atoms with Crippen LogP contribution in [0.2, 0.25) is 0 Å². The van der Waals surface area contributed by atoms with Crippen LogP contribution in [-0.4, -0.2) is 30.6 Å². The van der Waals surface area contributed by atoms with Gasteiger partial charge < -0.3 is 4.90 Å². The number of hydrogen-bond acceptors (Lipinski definition) is 2. The van der Waals surface area contributed by atoms with Crippen molar-refractivity contribution in [3.05, 3.63) is 65.7 Å². The maximum absolute atomic E-state index is 12.5. The van der Waals surface area contributed by atoms with E-state index in [9.17, 15) is 4.79 Å². The predicted molar refractivity (Wildman–Crippen MR) is 82.7 cm³/mol. The molecule has 0 radical (unpaired) electrons. The van der Waals surface area contributed by atoms with Crippen LogP contribution < -0.4 is 0 Å². The van der Waals surface area contributed by atoms with Gasteiger partial charge in [-0.05, 0) is 19.1 Å². The molecule has 0 fully saturated rings. The largest absolute Gasteiger partial charge is 0.359 e. The minimum Gasteiger partial charge on any atom is -0.359 e. The van der Waals surface area contributed by atoms with Gasteiger partial charge in [-0.3, -0.25) is 4.79 Å². The Morgan fingerprint density at radius 2 is 1.55 bits per heavy atom. The lowest BCUT2D eigenvalue weighted by Crippen LogP contribution is -2.30. The van der Waals surface area contributed by atoms with Gasteiger partial charge in [0.2, 0.25) is 5.78 Å². The number of hydrogen-bond donors (Lipinski definition) is 0. The molecule has 0 atom stereocenters. The third-order valence-electron chi connectivity index (χ3n) is 2.93. The fourth-order valence-corrected chi connectivity index (χ4v) is 1.81. The molecule has 0 saturated heterocycles. The Bertz CT molecular complexity index is 613. The van der Waals surface area contributed by atoms with Crippen LogP contribution in [0.25, 0.3) is 0 Å². The van der Waals surface area contributed by atoms with Crippen molar-refractivity contribution >= 4 is 17.3 Å². The van der Waals surface area contributed by atoms with E-state index >= 15 is 0 Å². The highest BCUT2D eigenvalue weighted by atomic mass is 16.1. The number of Topliss-reactive ketones (excluding diaryl/α,β-unsaturated/α-hetero) is 1. The normalized spacial score (nSPS) is 11.2. The van der Waals surface area contributed by atoms with Gasteiger partial charge in [0, 0.05) is 19.7 Å². The molecule has 2 aromatic rings. The van der Waals surface area contributed by atoms with Crippen molar-refractivity contribution in [2.75, 3.05) is 14.1 Å². The van der Waals surface area contributed by atoms with Crippen molar-refractivity contribution in [3.8, 4) is 0 Å². The molecule has 0 aliphatic rings. The van der Waals surface area contributed by atoms with Gasteiger partial charge >= 0.3 is 0 Å². The maximum Gasteiger partial charge on any atom is 0.228 e. The Morgan fingerprint density at radius 3 is 2.10 bits per heavy atom. The number of ketones is 1. The number of aryl methyl sites for hydroxylation is 1. The number of aliphatic imine (C=N–C) groups is 1. The van der Waals surface area contributed by atoms with E-state index in [0.717, 1.165) is 11.3 Å². The number of para-hydroxylation sites is 1. The van der Waals surface area contributed by atoms with Crippen LogP contribution in [0.15, 0.2) is 59.6 Å². The van der Waals surface area contributed by atoms with E-state index in [2.05, 4.69) is 4.99 Å². The number of likely N-dealkylation sites (N-methyl/N-ethyl adjacent to an activating group) is 1. The lowest BCUT2D eigenvalue weighted by atomic mass is 10.1. The number of carbonyl (C=O) groups excluding carboxylic acids is 1. The number of nitrogens with zero attached hydrogens (tertiary/aromatic N) is 2. The van der Waals surface area contributed by atoms with E-state index in [-0.39, 0.29) is 5.78 Å². The van der Waals surface area contributed by atoms with E-state index in [1.807, 2.05) is 75.6 Å². The first-order valence-corrected chi connectivity index (χ1v) is 6.50. The average molecular weight is 266 g/mol. The Hall–Kier alpha value is -2.42. The standard InChI is InChI=1S/C17H18N2O/c1-13-9-11-14(12-10-13)16(20)17(19(2)3)18-15-7-5-4-6-8-15/h4-12H,1-3H3. The van der Waals surface area contributed by atoms with Gasteiger partial charge in [-0.15, -0.1) is 0 Å². The first kappa shape index (κ1) is 14.0. The Kier molecular flexibility index (Phi) is 4.31. The zero-order valence-electron chi connectivity index (χ0n) is 12.0. The first-order chi connectivity index (χ1) is 9.58. The van der Waals surface area contributed by atoms with Gasteiger partial charge in [-0.25, -0.2) is 4.99 Å². The van der Waals surface area contributed by atoms with Crippen LogP contribution in [0.4, 0.5) is 5.69 Å². The third kappa shape index (κ3) is 3.32. The smallest absolute Gasteiger partial charge is 0.228 e. The van der Waals surface area contributed by atoms with Crippen LogP contribution in [0.3, 0.4) is 0 Å². The van der Waals surface area contributed by atoms with Crippen LogP contribution in [0.1, 0.15) is 15.9 Å². The van der Waals surface area contributed by atoms with Crippen molar-refractivity contribution < 1.29 is 4.79 Å². The minimum atomic E-state index is -0.0705. The van der Waals surface area contributed by atoms with E-state index in [1.54, 1.807) is 4.90 Å². The molecule has 2 rings (SSSR count). The topological polar surface area (TPSA) is 32.7 Å². The van der Waals surface area contributed by atoms with E-state index in [4.69, 9.17) is 0 Å². The lowest BCUT2D eigenvalue weighted by molar-refractivity contribution is 0.105. The molecule has 0 bridgehead atoms. The summed E-state index contributed by atoms with van der Waals surface area (Å²) in [7, 11) is 3.65. The maximum atomic E-state index is 12.5. The summed E-state index contributed by atoms with van der Waals surface area (Å²) in [5, 5.41) is 0. The van der Waals surface area contributed by atoms with Crippen LogP contribution >= 0.6 is 0 Å². The molecular formula is C17H18N2O. The molecule has 2 aromatic carbocycles. The van der Waals surface area contributed by atoms with Gasteiger partial charge in [0.25, 0.3) is 0 Å². The van der Waals surface area contributed by atoms with Crippen LogP contribution in [0.5, 0.6) is 0 Å².